The molecule has 0 bridgehead atoms. The highest BCUT2D eigenvalue weighted by Gasteiger charge is 2.15. The second-order valence-corrected chi connectivity index (χ2v) is 5.88. The van der Waals surface area contributed by atoms with E-state index in [0.717, 1.165) is 31.6 Å². The molecule has 108 valence electrons. The molecule has 1 heterocycles. The standard InChI is InChI=1S/C18H18ClNO/c1-13(21)17-7-6-16(12-18(17)19)20-10-8-14-4-2-3-5-15(14)9-11-20/h2-7,12H,8-11H2,1H3. The molecule has 0 radical (unpaired) electrons. The molecule has 0 fully saturated rings. The lowest BCUT2D eigenvalue weighted by Gasteiger charge is -2.23. The molecule has 1 aliphatic heterocycles. The molecule has 0 saturated heterocycles. The van der Waals surface area contributed by atoms with E-state index in [9.17, 15) is 4.79 Å². The van der Waals surface area contributed by atoms with Gasteiger partial charge in [0.15, 0.2) is 5.78 Å². The van der Waals surface area contributed by atoms with Crippen LogP contribution in [0.15, 0.2) is 42.5 Å². The number of anilines is 1. The molecule has 0 amide bonds. The molecule has 3 rings (SSSR count). The number of hydrogen-bond acceptors (Lipinski definition) is 2. The smallest absolute Gasteiger partial charge is 0.161 e. The third-order valence-corrected chi connectivity index (χ3v) is 4.43. The van der Waals surface area contributed by atoms with Crippen molar-refractivity contribution in [3.63, 3.8) is 0 Å². The number of halogens is 1. The van der Waals surface area contributed by atoms with Gasteiger partial charge in [0.2, 0.25) is 0 Å². The summed E-state index contributed by atoms with van der Waals surface area (Å²) in [7, 11) is 0. The van der Waals surface area contributed by atoms with Gasteiger partial charge in [-0.05, 0) is 49.1 Å². The van der Waals surface area contributed by atoms with Crippen LogP contribution >= 0.6 is 11.6 Å². The van der Waals surface area contributed by atoms with Gasteiger partial charge >= 0.3 is 0 Å². The van der Waals surface area contributed by atoms with E-state index in [0.29, 0.717) is 10.6 Å². The van der Waals surface area contributed by atoms with Crippen LogP contribution in [-0.2, 0) is 12.8 Å². The highest BCUT2D eigenvalue weighted by atomic mass is 35.5. The quantitative estimate of drug-likeness (QED) is 0.777. The Kier molecular flexibility index (Phi) is 3.98. The molecule has 2 aromatic carbocycles. The third-order valence-electron chi connectivity index (χ3n) is 4.12. The average molecular weight is 300 g/mol. The topological polar surface area (TPSA) is 20.3 Å². The van der Waals surface area contributed by atoms with Crippen molar-refractivity contribution in [1.29, 1.82) is 0 Å². The van der Waals surface area contributed by atoms with Crippen LogP contribution in [0.2, 0.25) is 5.02 Å². The Labute approximate surface area is 130 Å². The van der Waals surface area contributed by atoms with E-state index in [4.69, 9.17) is 11.6 Å². The lowest BCUT2D eigenvalue weighted by Crippen LogP contribution is -2.26. The zero-order chi connectivity index (χ0) is 14.8. The van der Waals surface area contributed by atoms with Gasteiger partial charge in [0.05, 0.1) is 5.02 Å². The number of rotatable bonds is 2. The fourth-order valence-corrected chi connectivity index (χ4v) is 3.22. The Bertz CT molecular complexity index is 654. The van der Waals surface area contributed by atoms with E-state index in [-0.39, 0.29) is 5.78 Å². The number of ketones is 1. The van der Waals surface area contributed by atoms with Crippen LogP contribution in [0, 0.1) is 0 Å². The summed E-state index contributed by atoms with van der Waals surface area (Å²) in [5, 5.41) is 0.543. The fraction of sp³-hybridized carbons (Fsp3) is 0.278. The average Bonchev–Trinajstić information content (AvgIpc) is 2.69. The van der Waals surface area contributed by atoms with Gasteiger partial charge in [-0.1, -0.05) is 35.9 Å². The minimum absolute atomic E-state index is 0.00909. The van der Waals surface area contributed by atoms with Gasteiger partial charge in [0.25, 0.3) is 0 Å². The maximum atomic E-state index is 11.5. The maximum Gasteiger partial charge on any atom is 0.161 e. The summed E-state index contributed by atoms with van der Waals surface area (Å²) in [6.45, 7) is 3.50. The molecular weight excluding hydrogens is 282 g/mol. The van der Waals surface area contributed by atoms with Crippen LogP contribution in [0.1, 0.15) is 28.4 Å². The van der Waals surface area contributed by atoms with E-state index in [1.807, 2.05) is 18.2 Å². The maximum absolute atomic E-state index is 11.5. The second-order valence-electron chi connectivity index (χ2n) is 5.48. The fourth-order valence-electron chi connectivity index (χ4n) is 2.91. The summed E-state index contributed by atoms with van der Waals surface area (Å²) in [5.41, 5.74) is 4.56. The largest absolute Gasteiger partial charge is 0.371 e. The van der Waals surface area contributed by atoms with E-state index >= 15 is 0 Å². The zero-order valence-electron chi connectivity index (χ0n) is 12.1. The van der Waals surface area contributed by atoms with Crippen molar-refractivity contribution in [2.45, 2.75) is 19.8 Å². The number of carbonyl (C=O) groups is 1. The molecule has 0 spiro atoms. The predicted octanol–water partition coefficient (Wildman–Crippen LogP) is 4.15. The molecule has 21 heavy (non-hydrogen) atoms. The first-order valence-electron chi connectivity index (χ1n) is 7.27. The second kappa shape index (κ2) is 5.90. The molecule has 2 aromatic rings. The van der Waals surface area contributed by atoms with Crippen molar-refractivity contribution in [2.75, 3.05) is 18.0 Å². The van der Waals surface area contributed by atoms with Crippen molar-refractivity contribution in [3.05, 3.63) is 64.2 Å². The number of benzene rings is 2. The van der Waals surface area contributed by atoms with E-state index in [1.165, 1.54) is 11.1 Å². The summed E-state index contributed by atoms with van der Waals surface area (Å²) >= 11 is 6.23. The van der Waals surface area contributed by atoms with Crippen LogP contribution in [-0.4, -0.2) is 18.9 Å². The molecule has 1 aliphatic rings. The lowest BCUT2D eigenvalue weighted by atomic mass is 10.0. The Hall–Kier alpha value is -1.80. The van der Waals surface area contributed by atoms with Crippen LogP contribution in [0.3, 0.4) is 0 Å². The number of nitrogens with zero attached hydrogens (tertiary/aromatic N) is 1. The monoisotopic (exact) mass is 299 g/mol. The molecular formula is C18H18ClNO. The first-order chi connectivity index (χ1) is 10.1. The first kappa shape index (κ1) is 14.2. The van der Waals surface area contributed by atoms with Crippen LogP contribution in [0.4, 0.5) is 5.69 Å². The highest BCUT2D eigenvalue weighted by Crippen LogP contribution is 2.26. The molecule has 2 nitrogen and oxygen atoms in total. The summed E-state index contributed by atoms with van der Waals surface area (Å²) in [6, 6.07) is 14.4. The SMILES string of the molecule is CC(=O)c1ccc(N2CCc3ccccc3CC2)cc1Cl. The van der Waals surface area contributed by atoms with Gasteiger partial charge in [-0.2, -0.15) is 0 Å². The molecule has 0 aliphatic carbocycles. The number of fused-ring (bicyclic) bond motifs is 1. The van der Waals surface area contributed by atoms with Crippen molar-refractivity contribution in [1.82, 2.24) is 0 Å². The lowest BCUT2D eigenvalue weighted by molar-refractivity contribution is 0.101. The van der Waals surface area contributed by atoms with E-state index in [2.05, 4.69) is 29.2 Å². The molecule has 0 unspecified atom stereocenters. The Morgan fingerprint density at radius 3 is 2.19 bits per heavy atom. The molecule has 0 saturated carbocycles. The number of hydrogen-bond donors (Lipinski definition) is 0. The Balaban J connectivity index is 1.83. The van der Waals surface area contributed by atoms with Crippen molar-refractivity contribution in [3.8, 4) is 0 Å². The summed E-state index contributed by atoms with van der Waals surface area (Å²) < 4.78 is 0. The molecule has 0 N–H and O–H groups in total. The van der Waals surface area contributed by atoms with Gasteiger partial charge in [-0.3, -0.25) is 4.79 Å². The Morgan fingerprint density at radius 1 is 1.05 bits per heavy atom. The summed E-state index contributed by atoms with van der Waals surface area (Å²) in [6.07, 6.45) is 2.09. The predicted molar refractivity (Wildman–Crippen MR) is 87.5 cm³/mol. The molecule has 3 heteroatoms. The van der Waals surface area contributed by atoms with Crippen LogP contribution < -0.4 is 4.90 Å². The van der Waals surface area contributed by atoms with Crippen molar-refractivity contribution < 1.29 is 4.79 Å². The third kappa shape index (κ3) is 2.96. The van der Waals surface area contributed by atoms with Crippen LogP contribution in [0.25, 0.3) is 0 Å². The Morgan fingerprint density at radius 2 is 1.67 bits per heavy atom. The first-order valence-corrected chi connectivity index (χ1v) is 7.65. The van der Waals surface area contributed by atoms with E-state index < -0.39 is 0 Å². The van der Waals surface area contributed by atoms with Crippen molar-refractivity contribution in [2.24, 2.45) is 0 Å². The summed E-state index contributed by atoms with van der Waals surface area (Å²) in [5.74, 6) is 0.00909. The summed E-state index contributed by atoms with van der Waals surface area (Å²) in [4.78, 5) is 13.8. The minimum atomic E-state index is 0.00909. The zero-order valence-corrected chi connectivity index (χ0v) is 12.9. The highest BCUT2D eigenvalue weighted by molar-refractivity contribution is 6.34. The minimum Gasteiger partial charge on any atom is -0.371 e. The van der Waals surface area contributed by atoms with Gasteiger partial charge in [0, 0.05) is 24.3 Å². The van der Waals surface area contributed by atoms with Gasteiger partial charge in [0.1, 0.15) is 0 Å². The number of carbonyl (C=O) groups excluding carboxylic acids is 1. The van der Waals surface area contributed by atoms with Crippen LogP contribution in [0.5, 0.6) is 0 Å². The number of Topliss-reactive ketones (excluding diaryl/α,β-unsaturated/α-hetero) is 1. The normalized spacial score (nSPS) is 14.5. The van der Waals surface area contributed by atoms with Gasteiger partial charge in [-0.25, -0.2) is 0 Å². The molecule has 0 atom stereocenters. The van der Waals surface area contributed by atoms with Gasteiger partial charge in [-0.15, -0.1) is 0 Å². The van der Waals surface area contributed by atoms with E-state index in [1.54, 1.807) is 6.92 Å². The van der Waals surface area contributed by atoms with Gasteiger partial charge < -0.3 is 4.90 Å². The van der Waals surface area contributed by atoms with Crippen molar-refractivity contribution >= 4 is 23.1 Å². The molecule has 0 aromatic heterocycles.